The van der Waals surface area contributed by atoms with Crippen molar-refractivity contribution in [2.24, 2.45) is 5.92 Å². The van der Waals surface area contributed by atoms with Crippen molar-refractivity contribution >= 4 is 12.1 Å². The second-order valence-corrected chi connectivity index (χ2v) is 8.29. The van der Waals surface area contributed by atoms with Crippen LogP contribution < -0.4 is 0 Å². The van der Waals surface area contributed by atoms with Crippen molar-refractivity contribution in [2.45, 2.75) is 44.4 Å². The molecular weight excluding hydrogens is 394 g/mol. The minimum absolute atomic E-state index is 0.115. The molecule has 1 aliphatic carbocycles. The number of hydrogen-bond acceptors (Lipinski definition) is 5. The molecule has 0 spiro atoms. The molecule has 0 aromatic heterocycles. The Kier molecular flexibility index (Phi) is 6.87. The molecule has 2 aliphatic rings. The molecule has 0 N–H and O–H groups in total. The fourth-order valence-corrected chi connectivity index (χ4v) is 3.94. The Morgan fingerprint density at radius 2 is 1.74 bits per heavy atom. The van der Waals surface area contributed by atoms with Gasteiger partial charge in [0.05, 0.1) is 24.8 Å². The van der Waals surface area contributed by atoms with E-state index in [0.717, 1.165) is 24.2 Å². The highest BCUT2D eigenvalue weighted by molar-refractivity contribution is 5.89. The summed E-state index contributed by atoms with van der Waals surface area (Å²) >= 11 is 0. The Labute approximate surface area is 183 Å². The molecule has 31 heavy (non-hydrogen) atoms. The zero-order valence-corrected chi connectivity index (χ0v) is 17.9. The molecule has 1 saturated carbocycles. The Hall–Kier alpha value is -2.86. The van der Waals surface area contributed by atoms with Crippen LogP contribution in [0.2, 0.25) is 0 Å². The molecule has 1 heterocycles. The van der Waals surface area contributed by atoms with Gasteiger partial charge in [-0.2, -0.15) is 0 Å². The van der Waals surface area contributed by atoms with Crippen molar-refractivity contribution in [1.82, 2.24) is 4.90 Å². The molecule has 6 heteroatoms. The number of methoxy groups -OCH3 is 1. The monoisotopic (exact) mass is 423 g/mol. The van der Waals surface area contributed by atoms with Gasteiger partial charge in [-0.05, 0) is 54.9 Å². The van der Waals surface area contributed by atoms with Crippen LogP contribution in [-0.2, 0) is 20.8 Å². The van der Waals surface area contributed by atoms with Crippen molar-refractivity contribution < 1.29 is 23.8 Å². The van der Waals surface area contributed by atoms with E-state index in [1.54, 1.807) is 17.0 Å². The van der Waals surface area contributed by atoms with E-state index in [4.69, 9.17) is 14.2 Å². The summed E-state index contributed by atoms with van der Waals surface area (Å²) in [7, 11) is 1.36. The van der Waals surface area contributed by atoms with Gasteiger partial charge in [0.2, 0.25) is 0 Å². The van der Waals surface area contributed by atoms with Gasteiger partial charge in [0, 0.05) is 13.2 Å². The van der Waals surface area contributed by atoms with Crippen LogP contribution in [0.4, 0.5) is 4.79 Å². The lowest BCUT2D eigenvalue weighted by Crippen LogP contribution is -2.43. The number of piperidine rings is 1. The number of rotatable bonds is 7. The summed E-state index contributed by atoms with van der Waals surface area (Å²) < 4.78 is 16.5. The highest BCUT2D eigenvalue weighted by atomic mass is 16.6. The number of nitrogens with zero attached hydrogens (tertiary/aromatic N) is 1. The van der Waals surface area contributed by atoms with E-state index in [1.165, 1.54) is 20.0 Å². The number of carbonyl (C=O) groups is 2. The fourth-order valence-electron chi connectivity index (χ4n) is 3.94. The summed E-state index contributed by atoms with van der Waals surface area (Å²) in [6.45, 7) is 1.62. The van der Waals surface area contributed by atoms with E-state index < -0.39 is 0 Å². The smallest absolute Gasteiger partial charge is 0.410 e. The molecule has 1 aliphatic heterocycles. The summed E-state index contributed by atoms with van der Waals surface area (Å²) in [4.78, 5) is 26.5. The van der Waals surface area contributed by atoms with Crippen LogP contribution in [0, 0.1) is 5.92 Å². The number of carbonyl (C=O) groups excluding carboxylic acids is 2. The number of benzene rings is 2. The summed E-state index contributed by atoms with van der Waals surface area (Å²) in [5, 5.41) is 0. The van der Waals surface area contributed by atoms with Crippen LogP contribution >= 0.6 is 0 Å². The van der Waals surface area contributed by atoms with Crippen molar-refractivity contribution in [2.75, 3.05) is 20.3 Å². The Bertz CT molecular complexity index is 879. The van der Waals surface area contributed by atoms with Crippen LogP contribution in [0.1, 0.15) is 53.2 Å². The normalized spacial score (nSPS) is 20.9. The van der Waals surface area contributed by atoms with Crippen LogP contribution in [0.25, 0.3) is 0 Å². The maximum Gasteiger partial charge on any atom is 0.410 e. The molecule has 1 amide bonds. The van der Waals surface area contributed by atoms with Gasteiger partial charge < -0.3 is 19.1 Å². The first-order chi connectivity index (χ1) is 15.1. The Morgan fingerprint density at radius 1 is 1.00 bits per heavy atom. The number of ether oxygens (including phenoxy) is 3. The third kappa shape index (κ3) is 5.64. The number of hydrogen-bond donors (Lipinski definition) is 0. The third-order valence-electron chi connectivity index (χ3n) is 5.98. The van der Waals surface area contributed by atoms with E-state index in [1.807, 2.05) is 42.5 Å². The Morgan fingerprint density at radius 3 is 2.42 bits per heavy atom. The minimum Gasteiger partial charge on any atom is -0.465 e. The topological polar surface area (TPSA) is 65.1 Å². The summed E-state index contributed by atoms with van der Waals surface area (Å²) in [6.07, 6.45) is 3.80. The standard InChI is InChI=1S/C25H29NO5/c1-29-24(27)21-11-9-20(10-12-21)23-15-22(30-16-19-7-8-19)13-14-26(23)25(28)31-17-18-5-3-2-4-6-18/h2-6,9-12,19,22-23H,7-8,13-17H2,1H3/t22-,23-/m0/s1. The molecule has 1 saturated heterocycles. The van der Waals surface area contributed by atoms with E-state index in [9.17, 15) is 9.59 Å². The van der Waals surface area contributed by atoms with E-state index >= 15 is 0 Å². The zero-order chi connectivity index (χ0) is 21.6. The van der Waals surface area contributed by atoms with Gasteiger partial charge in [-0.1, -0.05) is 42.5 Å². The highest BCUT2D eigenvalue weighted by Gasteiger charge is 2.35. The molecule has 2 fully saturated rings. The van der Waals surface area contributed by atoms with Gasteiger partial charge in [-0.25, -0.2) is 9.59 Å². The van der Waals surface area contributed by atoms with Crippen LogP contribution in [-0.4, -0.2) is 43.3 Å². The lowest BCUT2D eigenvalue weighted by atomic mass is 9.93. The molecule has 6 nitrogen and oxygen atoms in total. The van der Waals surface area contributed by atoms with Crippen LogP contribution in [0.5, 0.6) is 0 Å². The maximum atomic E-state index is 12.9. The average Bonchev–Trinajstić information content (AvgIpc) is 3.66. The first kappa shape index (κ1) is 21.4. The predicted octanol–water partition coefficient (Wildman–Crippen LogP) is 4.74. The molecular formula is C25H29NO5. The molecule has 2 aromatic rings. The average molecular weight is 424 g/mol. The van der Waals surface area contributed by atoms with E-state index in [2.05, 4.69) is 0 Å². The molecule has 0 unspecified atom stereocenters. The van der Waals surface area contributed by atoms with E-state index in [0.29, 0.717) is 24.4 Å². The second-order valence-electron chi connectivity index (χ2n) is 8.29. The predicted molar refractivity (Wildman–Crippen MR) is 116 cm³/mol. The first-order valence-electron chi connectivity index (χ1n) is 10.9. The summed E-state index contributed by atoms with van der Waals surface area (Å²) in [5.41, 5.74) is 2.41. The molecule has 2 atom stereocenters. The number of esters is 1. The molecule has 0 radical (unpaired) electrons. The lowest BCUT2D eigenvalue weighted by Gasteiger charge is -2.39. The van der Waals surface area contributed by atoms with Crippen molar-refractivity contribution in [1.29, 1.82) is 0 Å². The summed E-state index contributed by atoms with van der Waals surface area (Å²) in [6, 6.07) is 16.8. The van der Waals surface area contributed by atoms with Gasteiger partial charge in [0.1, 0.15) is 6.61 Å². The highest BCUT2D eigenvalue weighted by Crippen LogP contribution is 2.35. The fraction of sp³-hybridized carbons (Fsp3) is 0.440. The van der Waals surface area contributed by atoms with Crippen molar-refractivity contribution in [3.63, 3.8) is 0 Å². The van der Waals surface area contributed by atoms with Crippen LogP contribution in [0.15, 0.2) is 54.6 Å². The SMILES string of the molecule is COC(=O)c1ccc([C@@H]2C[C@@H](OCC3CC3)CCN2C(=O)OCc2ccccc2)cc1. The molecule has 2 aromatic carbocycles. The third-order valence-corrected chi connectivity index (χ3v) is 5.98. The first-order valence-corrected chi connectivity index (χ1v) is 10.9. The van der Waals surface area contributed by atoms with E-state index in [-0.39, 0.29) is 30.8 Å². The molecule has 164 valence electrons. The molecule has 0 bridgehead atoms. The largest absolute Gasteiger partial charge is 0.465 e. The van der Waals surface area contributed by atoms with Gasteiger partial charge >= 0.3 is 12.1 Å². The van der Waals surface area contributed by atoms with Crippen LogP contribution in [0.3, 0.4) is 0 Å². The second kappa shape index (κ2) is 9.96. The quantitative estimate of drug-likeness (QED) is 0.602. The van der Waals surface area contributed by atoms with Gasteiger partial charge in [-0.3, -0.25) is 0 Å². The molecule has 4 rings (SSSR count). The van der Waals surface area contributed by atoms with Gasteiger partial charge in [-0.15, -0.1) is 0 Å². The zero-order valence-electron chi connectivity index (χ0n) is 17.9. The van der Waals surface area contributed by atoms with Gasteiger partial charge in [0.25, 0.3) is 0 Å². The van der Waals surface area contributed by atoms with Crippen molar-refractivity contribution in [3.05, 3.63) is 71.3 Å². The Balaban J connectivity index is 1.46. The van der Waals surface area contributed by atoms with Gasteiger partial charge in [0.15, 0.2) is 0 Å². The lowest BCUT2D eigenvalue weighted by molar-refractivity contribution is -0.0208. The minimum atomic E-state index is -0.375. The summed E-state index contributed by atoms with van der Waals surface area (Å²) in [5.74, 6) is 0.326. The maximum absolute atomic E-state index is 12.9. The number of likely N-dealkylation sites (tertiary alicyclic amines) is 1. The van der Waals surface area contributed by atoms with Crippen molar-refractivity contribution in [3.8, 4) is 0 Å². The number of amides is 1.